The van der Waals surface area contributed by atoms with Gasteiger partial charge in [-0.3, -0.25) is 0 Å². The largest absolute Gasteiger partial charge is 0.497 e. The van der Waals surface area contributed by atoms with Crippen LogP contribution in [0.15, 0.2) is 23.4 Å². The first-order chi connectivity index (χ1) is 8.94. The van der Waals surface area contributed by atoms with E-state index >= 15 is 0 Å². The van der Waals surface area contributed by atoms with Crippen molar-refractivity contribution in [3.63, 3.8) is 0 Å². The highest BCUT2D eigenvalue weighted by molar-refractivity contribution is 7.89. The lowest BCUT2D eigenvalue weighted by atomic mass is 10.2. The molecule has 2 rings (SSSR count). The summed E-state index contributed by atoms with van der Waals surface area (Å²) in [6.07, 6.45) is 0. The molecule has 102 valence electrons. The molecule has 0 fully saturated rings. The van der Waals surface area contributed by atoms with Crippen molar-refractivity contribution in [3.05, 3.63) is 18.2 Å². The molecule has 19 heavy (non-hydrogen) atoms. The van der Waals surface area contributed by atoms with Crippen LogP contribution in [0.1, 0.15) is 0 Å². The SMILES string of the molecule is COc1cc(OC)cc(-c2n[nH]c(S(N)(=O)=O)n2)c1. The van der Waals surface area contributed by atoms with Crippen LogP contribution in [0.3, 0.4) is 0 Å². The van der Waals surface area contributed by atoms with E-state index in [9.17, 15) is 8.42 Å². The van der Waals surface area contributed by atoms with Gasteiger partial charge >= 0.3 is 0 Å². The summed E-state index contributed by atoms with van der Waals surface area (Å²) in [7, 11) is -0.901. The Morgan fingerprint density at radius 3 is 2.16 bits per heavy atom. The van der Waals surface area contributed by atoms with Crippen molar-refractivity contribution in [2.24, 2.45) is 5.14 Å². The summed E-state index contributed by atoms with van der Waals surface area (Å²) < 4.78 is 32.4. The Kier molecular flexibility index (Phi) is 3.40. The minimum absolute atomic E-state index is 0.182. The first kappa shape index (κ1) is 13.3. The van der Waals surface area contributed by atoms with Crippen molar-refractivity contribution < 1.29 is 17.9 Å². The smallest absolute Gasteiger partial charge is 0.273 e. The van der Waals surface area contributed by atoms with E-state index < -0.39 is 15.2 Å². The van der Waals surface area contributed by atoms with E-state index in [-0.39, 0.29) is 5.82 Å². The maximum absolute atomic E-state index is 11.1. The molecule has 0 atom stereocenters. The second kappa shape index (κ2) is 4.86. The molecule has 0 unspecified atom stereocenters. The third-order valence-corrected chi connectivity index (χ3v) is 3.07. The molecule has 0 aliphatic carbocycles. The number of ether oxygens (including phenoxy) is 2. The molecule has 2 aromatic rings. The van der Waals surface area contributed by atoms with Gasteiger partial charge in [0.25, 0.3) is 15.2 Å². The lowest BCUT2D eigenvalue weighted by Crippen LogP contribution is -2.13. The molecular formula is C10H12N4O4S. The van der Waals surface area contributed by atoms with E-state index in [0.717, 1.165) is 0 Å². The highest BCUT2D eigenvalue weighted by atomic mass is 32.2. The van der Waals surface area contributed by atoms with Gasteiger partial charge in [-0.05, 0) is 12.1 Å². The second-order valence-corrected chi connectivity index (χ2v) is 5.09. The highest BCUT2D eigenvalue weighted by Crippen LogP contribution is 2.27. The zero-order chi connectivity index (χ0) is 14.0. The van der Waals surface area contributed by atoms with Crippen LogP contribution >= 0.6 is 0 Å². The number of benzene rings is 1. The lowest BCUT2D eigenvalue weighted by Gasteiger charge is -2.05. The summed E-state index contributed by atoms with van der Waals surface area (Å²) in [5, 5.41) is 10.6. The van der Waals surface area contributed by atoms with E-state index in [0.29, 0.717) is 17.1 Å². The molecule has 1 aromatic heterocycles. The first-order valence-corrected chi connectivity index (χ1v) is 6.67. The Morgan fingerprint density at radius 2 is 1.74 bits per heavy atom. The summed E-state index contributed by atoms with van der Waals surface area (Å²) >= 11 is 0. The van der Waals surface area contributed by atoms with Crippen LogP contribution in [0.2, 0.25) is 0 Å². The van der Waals surface area contributed by atoms with Crippen molar-refractivity contribution in [2.45, 2.75) is 5.16 Å². The average molecular weight is 284 g/mol. The Labute approximate surface area is 109 Å². The molecule has 1 heterocycles. The van der Waals surface area contributed by atoms with Gasteiger partial charge < -0.3 is 9.47 Å². The molecule has 0 aliphatic rings. The molecule has 1 aromatic carbocycles. The van der Waals surface area contributed by atoms with Gasteiger partial charge in [-0.15, -0.1) is 0 Å². The van der Waals surface area contributed by atoms with Crippen LogP contribution in [0.4, 0.5) is 0 Å². The first-order valence-electron chi connectivity index (χ1n) is 5.12. The second-order valence-electron chi connectivity index (χ2n) is 3.61. The zero-order valence-electron chi connectivity index (χ0n) is 10.2. The predicted octanol–water partition coefficient (Wildman–Crippen LogP) is 0.136. The van der Waals surface area contributed by atoms with Gasteiger partial charge in [0.05, 0.1) is 14.2 Å². The fraction of sp³-hybridized carbons (Fsp3) is 0.200. The maximum Gasteiger partial charge on any atom is 0.273 e. The molecular weight excluding hydrogens is 272 g/mol. The molecule has 0 bridgehead atoms. The van der Waals surface area contributed by atoms with Crippen LogP contribution in [0.5, 0.6) is 11.5 Å². The molecule has 8 nitrogen and oxygen atoms in total. The maximum atomic E-state index is 11.1. The summed E-state index contributed by atoms with van der Waals surface area (Å²) in [4.78, 5) is 3.81. The molecule has 0 spiro atoms. The third kappa shape index (κ3) is 2.83. The van der Waals surface area contributed by atoms with E-state index in [1.165, 1.54) is 14.2 Å². The Morgan fingerprint density at radius 1 is 1.16 bits per heavy atom. The van der Waals surface area contributed by atoms with E-state index in [1.54, 1.807) is 18.2 Å². The molecule has 0 saturated carbocycles. The molecule has 0 saturated heterocycles. The fourth-order valence-electron chi connectivity index (χ4n) is 1.44. The highest BCUT2D eigenvalue weighted by Gasteiger charge is 2.16. The van der Waals surface area contributed by atoms with Crippen molar-refractivity contribution in [1.82, 2.24) is 15.2 Å². The molecule has 3 N–H and O–H groups in total. The number of hydrogen-bond acceptors (Lipinski definition) is 6. The number of sulfonamides is 1. The number of rotatable bonds is 4. The standard InChI is InChI=1S/C10H12N4O4S/c1-17-7-3-6(4-8(5-7)18-2)9-12-10(14-13-9)19(11,15)16/h3-5H,1-2H3,(H2,11,15,16)(H,12,13,14). The number of aromatic nitrogens is 3. The number of aromatic amines is 1. The van der Waals surface area contributed by atoms with E-state index in [4.69, 9.17) is 14.6 Å². The normalized spacial score (nSPS) is 11.3. The summed E-state index contributed by atoms with van der Waals surface area (Å²) in [5.74, 6) is 1.26. The van der Waals surface area contributed by atoms with Crippen molar-refractivity contribution in [2.75, 3.05) is 14.2 Å². The molecule has 0 radical (unpaired) electrons. The van der Waals surface area contributed by atoms with Crippen LogP contribution in [-0.2, 0) is 10.0 Å². The number of primary sulfonamides is 1. The topological polar surface area (TPSA) is 120 Å². The van der Waals surface area contributed by atoms with Crippen molar-refractivity contribution in [1.29, 1.82) is 0 Å². The van der Waals surface area contributed by atoms with Gasteiger partial charge in [-0.25, -0.2) is 18.7 Å². The summed E-state index contributed by atoms with van der Waals surface area (Å²) in [6, 6.07) is 4.98. The summed E-state index contributed by atoms with van der Waals surface area (Å²) in [6.45, 7) is 0. The minimum Gasteiger partial charge on any atom is -0.497 e. The number of hydrogen-bond donors (Lipinski definition) is 2. The van der Waals surface area contributed by atoms with E-state index in [1.807, 2.05) is 0 Å². The Hall–Kier alpha value is -2.13. The van der Waals surface area contributed by atoms with Gasteiger partial charge in [0.15, 0.2) is 5.82 Å². The summed E-state index contributed by atoms with van der Waals surface area (Å²) in [5.41, 5.74) is 0.544. The van der Waals surface area contributed by atoms with Gasteiger partial charge in [-0.2, -0.15) is 10.1 Å². The quantitative estimate of drug-likeness (QED) is 0.823. The molecule has 0 aliphatic heterocycles. The predicted molar refractivity (Wildman–Crippen MR) is 66.3 cm³/mol. The lowest BCUT2D eigenvalue weighted by molar-refractivity contribution is 0.394. The van der Waals surface area contributed by atoms with Crippen molar-refractivity contribution >= 4 is 10.0 Å². The number of nitrogens with zero attached hydrogens (tertiary/aromatic N) is 2. The van der Waals surface area contributed by atoms with Crippen LogP contribution in [0, 0.1) is 0 Å². The Bertz CT molecular complexity index is 673. The van der Waals surface area contributed by atoms with Gasteiger partial charge in [-0.1, -0.05) is 0 Å². The number of H-pyrrole nitrogens is 1. The van der Waals surface area contributed by atoms with Gasteiger partial charge in [0.2, 0.25) is 0 Å². The molecule has 9 heteroatoms. The molecule has 0 amide bonds. The van der Waals surface area contributed by atoms with Gasteiger partial charge in [0, 0.05) is 11.6 Å². The zero-order valence-corrected chi connectivity index (χ0v) is 11.1. The fourth-order valence-corrected chi connectivity index (χ4v) is 1.83. The van der Waals surface area contributed by atoms with Crippen molar-refractivity contribution in [3.8, 4) is 22.9 Å². The van der Waals surface area contributed by atoms with Crippen LogP contribution in [0.25, 0.3) is 11.4 Å². The van der Waals surface area contributed by atoms with Crippen LogP contribution < -0.4 is 14.6 Å². The number of nitrogens with two attached hydrogens (primary N) is 1. The van der Waals surface area contributed by atoms with Crippen LogP contribution in [-0.4, -0.2) is 37.8 Å². The third-order valence-electron chi connectivity index (χ3n) is 2.34. The number of nitrogens with one attached hydrogen (secondary N) is 1. The monoisotopic (exact) mass is 284 g/mol. The van der Waals surface area contributed by atoms with Gasteiger partial charge in [0.1, 0.15) is 11.5 Å². The number of methoxy groups -OCH3 is 2. The average Bonchev–Trinajstić information content (AvgIpc) is 2.87. The minimum atomic E-state index is -3.91. The Balaban J connectivity index is 2.49. The van der Waals surface area contributed by atoms with E-state index in [2.05, 4.69) is 15.2 Å².